The molecule has 1 aliphatic rings. The largest absolute Gasteiger partial charge is 0.377 e. The molecule has 0 bridgehead atoms. The molecule has 0 aromatic heterocycles. The summed E-state index contributed by atoms with van der Waals surface area (Å²) in [6, 6.07) is 7.65. The van der Waals surface area contributed by atoms with E-state index in [2.05, 4.69) is 13.8 Å². The van der Waals surface area contributed by atoms with Gasteiger partial charge in [-0.15, -0.1) is 0 Å². The lowest BCUT2D eigenvalue weighted by Crippen LogP contribution is -2.36. The van der Waals surface area contributed by atoms with Gasteiger partial charge in [0.05, 0.1) is 0 Å². The molecule has 1 N–H and O–H groups in total. The lowest BCUT2D eigenvalue weighted by molar-refractivity contribution is -0.135. The number of allylic oxidation sites excluding steroid dienone is 1. The van der Waals surface area contributed by atoms with Crippen LogP contribution in [0.15, 0.2) is 30.3 Å². The molecule has 0 fully saturated rings. The number of carbonyl (C=O) groups is 1. The number of fused-ring (bicyclic) bond motifs is 1. The quantitative estimate of drug-likeness (QED) is 0.848. The van der Waals surface area contributed by atoms with Gasteiger partial charge < -0.3 is 5.11 Å². The number of hydrogen-bond donors (Lipinski definition) is 1. The van der Waals surface area contributed by atoms with Crippen molar-refractivity contribution in [3.8, 4) is 0 Å². The molecule has 90 valence electrons. The molecule has 1 atom stereocenters. The number of benzene rings is 1. The summed E-state index contributed by atoms with van der Waals surface area (Å²) in [7, 11) is 0. The fourth-order valence-electron chi connectivity index (χ4n) is 2.45. The molecular formula is C15H18O2. The van der Waals surface area contributed by atoms with Crippen molar-refractivity contribution in [1.29, 1.82) is 0 Å². The van der Waals surface area contributed by atoms with Gasteiger partial charge in [-0.3, -0.25) is 4.79 Å². The van der Waals surface area contributed by atoms with Crippen molar-refractivity contribution in [3.05, 3.63) is 41.5 Å². The molecular weight excluding hydrogens is 212 g/mol. The fourth-order valence-corrected chi connectivity index (χ4v) is 2.45. The Kier molecular flexibility index (Phi) is 2.92. The predicted molar refractivity (Wildman–Crippen MR) is 68.5 cm³/mol. The molecule has 1 aromatic rings. The lowest BCUT2D eigenvalue weighted by Gasteiger charge is -2.33. The standard InChI is InChI=1S/C15H18O2/c1-10(2)12-8-9-15(17,11(3)16)14-7-5-4-6-13(12)14/h4-8,10,17H,9H2,1-3H3. The van der Waals surface area contributed by atoms with Crippen molar-refractivity contribution in [1.82, 2.24) is 0 Å². The maximum Gasteiger partial charge on any atom is 0.166 e. The number of ketones is 1. The Bertz CT molecular complexity index is 485. The van der Waals surface area contributed by atoms with Gasteiger partial charge >= 0.3 is 0 Å². The molecule has 0 radical (unpaired) electrons. The molecule has 17 heavy (non-hydrogen) atoms. The van der Waals surface area contributed by atoms with Crippen LogP contribution in [-0.2, 0) is 10.4 Å². The molecule has 2 rings (SSSR count). The summed E-state index contributed by atoms with van der Waals surface area (Å²) in [6.07, 6.45) is 2.38. The van der Waals surface area contributed by atoms with Crippen molar-refractivity contribution < 1.29 is 9.90 Å². The number of Topliss-reactive ketones (excluding diaryl/α,β-unsaturated/α-hetero) is 1. The topological polar surface area (TPSA) is 37.3 Å². The van der Waals surface area contributed by atoms with E-state index in [0.717, 1.165) is 11.1 Å². The Morgan fingerprint density at radius 3 is 2.59 bits per heavy atom. The highest BCUT2D eigenvalue weighted by Gasteiger charge is 2.38. The molecule has 2 nitrogen and oxygen atoms in total. The van der Waals surface area contributed by atoms with Crippen molar-refractivity contribution >= 4 is 11.4 Å². The molecule has 0 saturated carbocycles. The summed E-state index contributed by atoms with van der Waals surface area (Å²) in [4.78, 5) is 11.7. The van der Waals surface area contributed by atoms with Gasteiger partial charge in [-0.05, 0) is 29.5 Å². The minimum atomic E-state index is -1.34. The van der Waals surface area contributed by atoms with Crippen LogP contribution in [0.4, 0.5) is 0 Å². The third-order valence-electron chi connectivity index (χ3n) is 3.51. The minimum Gasteiger partial charge on any atom is -0.377 e. The van der Waals surface area contributed by atoms with E-state index in [0.29, 0.717) is 12.3 Å². The van der Waals surface area contributed by atoms with Gasteiger partial charge in [0.2, 0.25) is 0 Å². The second-order valence-electron chi connectivity index (χ2n) is 4.98. The number of carbonyl (C=O) groups excluding carboxylic acids is 1. The number of aliphatic hydroxyl groups is 1. The van der Waals surface area contributed by atoms with Crippen molar-refractivity contribution in [2.75, 3.05) is 0 Å². The van der Waals surface area contributed by atoms with Crippen LogP contribution in [0.2, 0.25) is 0 Å². The zero-order chi connectivity index (χ0) is 12.6. The van der Waals surface area contributed by atoms with Crippen molar-refractivity contribution in [2.45, 2.75) is 32.8 Å². The van der Waals surface area contributed by atoms with Gasteiger partial charge in [0.25, 0.3) is 0 Å². The maximum atomic E-state index is 11.7. The normalized spacial score (nSPS) is 23.2. The smallest absolute Gasteiger partial charge is 0.166 e. The fraction of sp³-hybridized carbons (Fsp3) is 0.400. The summed E-state index contributed by atoms with van der Waals surface area (Å²) in [5, 5.41) is 10.5. The lowest BCUT2D eigenvalue weighted by atomic mass is 9.75. The first-order valence-corrected chi connectivity index (χ1v) is 6.00. The van der Waals surface area contributed by atoms with Gasteiger partial charge in [0, 0.05) is 6.42 Å². The van der Waals surface area contributed by atoms with Crippen LogP contribution in [-0.4, -0.2) is 10.9 Å². The predicted octanol–water partition coefficient (Wildman–Crippen LogP) is 2.91. The number of hydrogen-bond acceptors (Lipinski definition) is 2. The molecule has 0 heterocycles. The summed E-state index contributed by atoms with van der Waals surface area (Å²) in [5.74, 6) is 0.205. The zero-order valence-corrected chi connectivity index (χ0v) is 10.5. The highest BCUT2D eigenvalue weighted by atomic mass is 16.3. The Morgan fingerprint density at radius 2 is 2.00 bits per heavy atom. The van der Waals surface area contributed by atoms with Gasteiger partial charge in [0.15, 0.2) is 11.4 Å². The number of rotatable bonds is 2. The molecule has 1 unspecified atom stereocenters. The van der Waals surface area contributed by atoms with Crippen LogP contribution in [0, 0.1) is 5.92 Å². The second-order valence-corrected chi connectivity index (χ2v) is 4.98. The Balaban J connectivity index is 2.62. The molecule has 0 amide bonds. The summed E-state index contributed by atoms with van der Waals surface area (Å²) in [6.45, 7) is 5.70. The van der Waals surface area contributed by atoms with E-state index in [4.69, 9.17) is 0 Å². The Labute approximate surface area is 102 Å². The summed E-state index contributed by atoms with van der Waals surface area (Å²) >= 11 is 0. The van der Waals surface area contributed by atoms with E-state index in [1.807, 2.05) is 30.3 Å². The van der Waals surface area contributed by atoms with Gasteiger partial charge in [-0.25, -0.2) is 0 Å². The molecule has 1 aliphatic carbocycles. The summed E-state index contributed by atoms with van der Waals surface area (Å²) < 4.78 is 0. The highest BCUT2D eigenvalue weighted by Crippen LogP contribution is 2.40. The van der Waals surface area contributed by atoms with Crippen LogP contribution >= 0.6 is 0 Å². The average Bonchev–Trinajstić information content (AvgIpc) is 2.29. The molecule has 1 aromatic carbocycles. The third-order valence-corrected chi connectivity index (χ3v) is 3.51. The van der Waals surface area contributed by atoms with Gasteiger partial charge in [0.1, 0.15) is 0 Å². The average molecular weight is 230 g/mol. The first kappa shape index (κ1) is 12.1. The van der Waals surface area contributed by atoms with E-state index in [-0.39, 0.29) is 5.78 Å². The van der Waals surface area contributed by atoms with E-state index >= 15 is 0 Å². The highest BCUT2D eigenvalue weighted by molar-refractivity contribution is 5.90. The van der Waals surface area contributed by atoms with Crippen molar-refractivity contribution in [2.24, 2.45) is 5.92 Å². The van der Waals surface area contributed by atoms with E-state index < -0.39 is 5.60 Å². The Morgan fingerprint density at radius 1 is 1.35 bits per heavy atom. The maximum absolute atomic E-state index is 11.7. The third kappa shape index (κ3) is 1.83. The monoisotopic (exact) mass is 230 g/mol. The van der Waals surface area contributed by atoms with E-state index in [1.54, 1.807) is 0 Å². The molecule has 2 heteroatoms. The van der Waals surface area contributed by atoms with Crippen molar-refractivity contribution in [3.63, 3.8) is 0 Å². The van der Waals surface area contributed by atoms with Crippen LogP contribution < -0.4 is 0 Å². The molecule has 0 saturated heterocycles. The first-order valence-electron chi connectivity index (χ1n) is 6.00. The minimum absolute atomic E-state index is 0.191. The van der Waals surface area contributed by atoms with Crippen LogP contribution in [0.1, 0.15) is 38.3 Å². The van der Waals surface area contributed by atoms with E-state index in [9.17, 15) is 9.90 Å². The molecule has 0 spiro atoms. The van der Waals surface area contributed by atoms with Gasteiger partial charge in [-0.1, -0.05) is 44.2 Å². The second kappa shape index (κ2) is 4.11. The van der Waals surface area contributed by atoms with Gasteiger partial charge in [-0.2, -0.15) is 0 Å². The van der Waals surface area contributed by atoms with Crippen LogP contribution in [0.3, 0.4) is 0 Å². The first-order chi connectivity index (χ1) is 7.97. The Hall–Kier alpha value is -1.41. The zero-order valence-electron chi connectivity index (χ0n) is 10.5. The van der Waals surface area contributed by atoms with Crippen LogP contribution in [0.5, 0.6) is 0 Å². The summed E-state index contributed by atoms with van der Waals surface area (Å²) in [5.41, 5.74) is 1.63. The molecule has 0 aliphatic heterocycles. The SMILES string of the molecule is CC(=O)C1(O)CC=C(C(C)C)c2ccccc21. The van der Waals surface area contributed by atoms with E-state index in [1.165, 1.54) is 12.5 Å². The van der Waals surface area contributed by atoms with Crippen LogP contribution in [0.25, 0.3) is 5.57 Å².